The van der Waals surface area contributed by atoms with Gasteiger partial charge >= 0.3 is 6.03 Å². The zero-order valence-corrected chi connectivity index (χ0v) is 15.3. The number of amides is 3. The molecule has 0 radical (unpaired) electrons. The van der Waals surface area contributed by atoms with Crippen molar-refractivity contribution in [3.05, 3.63) is 35.9 Å². The standard InChI is InChI=1S/C20H26N2O2S/c23-18(13-25-12-14-4-2-1-3-5-14)21-19(24)22-20-9-15-6-16(10-20)8-17(7-15)11-20/h1-5,15-17H,6-13H2,(H2,21,22,23,24). The lowest BCUT2D eigenvalue weighted by atomic mass is 9.53. The average Bonchev–Trinajstić information content (AvgIpc) is 2.53. The van der Waals surface area contributed by atoms with Crippen LogP contribution in [0.3, 0.4) is 0 Å². The van der Waals surface area contributed by atoms with Gasteiger partial charge in [0.1, 0.15) is 0 Å². The molecular weight excluding hydrogens is 332 g/mol. The molecule has 0 unspecified atom stereocenters. The summed E-state index contributed by atoms with van der Waals surface area (Å²) in [6.45, 7) is 0. The van der Waals surface area contributed by atoms with Crippen LogP contribution in [0.25, 0.3) is 0 Å². The Morgan fingerprint density at radius 2 is 1.60 bits per heavy atom. The van der Waals surface area contributed by atoms with E-state index >= 15 is 0 Å². The molecule has 4 aliphatic rings. The molecule has 4 aliphatic carbocycles. The minimum absolute atomic E-state index is 0.0453. The topological polar surface area (TPSA) is 58.2 Å². The maximum atomic E-state index is 12.3. The Morgan fingerprint density at radius 3 is 2.20 bits per heavy atom. The maximum absolute atomic E-state index is 12.3. The molecule has 4 nitrogen and oxygen atoms in total. The first-order valence-corrected chi connectivity index (χ1v) is 10.5. The monoisotopic (exact) mass is 358 g/mol. The third-order valence-electron chi connectivity index (χ3n) is 6.01. The summed E-state index contributed by atoms with van der Waals surface area (Å²) in [6.07, 6.45) is 7.34. The second-order valence-corrected chi connectivity index (χ2v) is 9.16. The lowest BCUT2D eigenvalue weighted by Gasteiger charge is -2.56. The second kappa shape index (κ2) is 7.02. The Balaban J connectivity index is 1.23. The highest BCUT2D eigenvalue weighted by Gasteiger charge is 2.51. The number of hydrogen-bond acceptors (Lipinski definition) is 3. The highest BCUT2D eigenvalue weighted by molar-refractivity contribution is 7.99. The fraction of sp³-hybridized carbons (Fsp3) is 0.600. The van der Waals surface area contributed by atoms with E-state index in [0.29, 0.717) is 5.75 Å². The molecule has 0 spiro atoms. The van der Waals surface area contributed by atoms with Gasteiger partial charge in [-0.1, -0.05) is 30.3 Å². The zero-order valence-electron chi connectivity index (χ0n) is 14.5. The fourth-order valence-corrected chi connectivity index (χ4v) is 6.32. The van der Waals surface area contributed by atoms with Crippen molar-refractivity contribution in [3.63, 3.8) is 0 Å². The van der Waals surface area contributed by atoms with Crippen molar-refractivity contribution in [1.82, 2.24) is 10.6 Å². The van der Waals surface area contributed by atoms with Gasteiger partial charge < -0.3 is 5.32 Å². The third-order valence-corrected chi connectivity index (χ3v) is 7.02. The van der Waals surface area contributed by atoms with Crippen LogP contribution in [0.4, 0.5) is 4.79 Å². The van der Waals surface area contributed by atoms with E-state index in [-0.39, 0.29) is 17.5 Å². The Labute approximate surface area is 153 Å². The predicted molar refractivity (Wildman–Crippen MR) is 100 cm³/mol. The number of urea groups is 1. The molecule has 2 N–H and O–H groups in total. The van der Waals surface area contributed by atoms with Gasteiger partial charge in [0.2, 0.25) is 5.91 Å². The number of benzene rings is 1. The van der Waals surface area contributed by atoms with Gasteiger partial charge in [-0.2, -0.15) is 0 Å². The number of thioether (sulfide) groups is 1. The molecule has 0 aliphatic heterocycles. The maximum Gasteiger partial charge on any atom is 0.321 e. The van der Waals surface area contributed by atoms with Crippen molar-refractivity contribution < 1.29 is 9.59 Å². The molecular formula is C20H26N2O2S. The Morgan fingerprint density at radius 1 is 1.00 bits per heavy atom. The quantitative estimate of drug-likeness (QED) is 0.843. The van der Waals surface area contributed by atoms with Crippen LogP contribution in [-0.4, -0.2) is 23.2 Å². The van der Waals surface area contributed by atoms with E-state index in [4.69, 9.17) is 0 Å². The van der Waals surface area contributed by atoms with Crippen LogP contribution in [0.5, 0.6) is 0 Å². The van der Waals surface area contributed by atoms with E-state index < -0.39 is 0 Å². The minimum Gasteiger partial charge on any atom is -0.332 e. The second-order valence-electron chi connectivity index (χ2n) is 8.18. The van der Waals surface area contributed by atoms with Gasteiger partial charge in [0.05, 0.1) is 5.75 Å². The Bertz CT molecular complexity index is 611. The van der Waals surface area contributed by atoms with E-state index in [2.05, 4.69) is 10.6 Å². The van der Waals surface area contributed by atoms with Crippen LogP contribution >= 0.6 is 11.8 Å². The molecule has 3 amide bonds. The molecule has 4 fully saturated rings. The summed E-state index contributed by atoms with van der Waals surface area (Å²) in [6, 6.07) is 9.77. The molecule has 0 aromatic heterocycles. The van der Waals surface area contributed by atoms with Crippen LogP contribution in [0.1, 0.15) is 44.1 Å². The predicted octanol–water partition coefficient (Wildman–Crippen LogP) is 3.71. The number of rotatable bonds is 5. The SMILES string of the molecule is O=C(CSCc1ccccc1)NC(=O)NC12CC3CC(CC(C3)C1)C2. The minimum atomic E-state index is -0.299. The molecule has 5 rings (SSSR count). The van der Waals surface area contributed by atoms with Crippen molar-refractivity contribution in [1.29, 1.82) is 0 Å². The Kier molecular flexibility index (Phi) is 4.76. The van der Waals surface area contributed by atoms with Crippen LogP contribution in [0.2, 0.25) is 0 Å². The normalized spacial score (nSPS) is 32.4. The van der Waals surface area contributed by atoms with E-state index in [1.807, 2.05) is 30.3 Å². The van der Waals surface area contributed by atoms with Gasteiger partial charge in [-0.3, -0.25) is 10.1 Å². The summed E-state index contributed by atoms with van der Waals surface area (Å²) >= 11 is 1.53. The number of nitrogens with one attached hydrogen (secondary N) is 2. The first kappa shape index (κ1) is 17.0. The van der Waals surface area contributed by atoms with Crippen molar-refractivity contribution in [2.24, 2.45) is 17.8 Å². The van der Waals surface area contributed by atoms with Gasteiger partial charge in [-0.15, -0.1) is 11.8 Å². The van der Waals surface area contributed by atoms with Gasteiger partial charge in [-0.05, 0) is 61.8 Å². The van der Waals surface area contributed by atoms with Gasteiger partial charge in [0.25, 0.3) is 0 Å². The first-order chi connectivity index (χ1) is 12.1. The molecule has 0 atom stereocenters. The van der Waals surface area contributed by atoms with Crippen molar-refractivity contribution in [2.45, 2.75) is 49.8 Å². The number of carbonyl (C=O) groups is 2. The van der Waals surface area contributed by atoms with Crippen molar-refractivity contribution in [2.75, 3.05) is 5.75 Å². The summed E-state index contributed by atoms with van der Waals surface area (Å²) < 4.78 is 0. The number of imide groups is 1. The molecule has 4 bridgehead atoms. The summed E-state index contributed by atoms with van der Waals surface area (Å²) in [5.41, 5.74) is 1.15. The van der Waals surface area contributed by atoms with Crippen LogP contribution in [0, 0.1) is 17.8 Å². The molecule has 134 valence electrons. The van der Waals surface area contributed by atoms with E-state index in [1.165, 1.54) is 36.6 Å². The first-order valence-electron chi connectivity index (χ1n) is 9.34. The summed E-state index contributed by atoms with van der Waals surface area (Å²) in [5, 5.41) is 5.71. The van der Waals surface area contributed by atoms with Crippen molar-refractivity contribution in [3.8, 4) is 0 Å². The number of carbonyl (C=O) groups excluding carboxylic acids is 2. The molecule has 5 heteroatoms. The zero-order chi connectivity index (χ0) is 17.3. The lowest BCUT2D eigenvalue weighted by Crippen LogP contribution is -2.61. The fourth-order valence-electron chi connectivity index (χ4n) is 5.53. The third kappa shape index (κ3) is 4.02. The average molecular weight is 359 g/mol. The van der Waals surface area contributed by atoms with Crippen LogP contribution in [-0.2, 0) is 10.5 Å². The van der Waals surface area contributed by atoms with Crippen LogP contribution in [0.15, 0.2) is 30.3 Å². The molecule has 4 saturated carbocycles. The van der Waals surface area contributed by atoms with E-state index in [9.17, 15) is 9.59 Å². The van der Waals surface area contributed by atoms with Gasteiger partial charge in [0.15, 0.2) is 0 Å². The molecule has 1 aromatic rings. The van der Waals surface area contributed by atoms with E-state index in [1.54, 1.807) is 0 Å². The molecule has 0 heterocycles. The van der Waals surface area contributed by atoms with Crippen LogP contribution < -0.4 is 10.6 Å². The highest BCUT2D eigenvalue weighted by Crippen LogP contribution is 2.55. The van der Waals surface area contributed by atoms with Gasteiger partial charge in [-0.25, -0.2) is 4.79 Å². The summed E-state index contributed by atoms with van der Waals surface area (Å²) in [7, 11) is 0. The summed E-state index contributed by atoms with van der Waals surface area (Å²) in [5.74, 6) is 3.23. The Hall–Kier alpha value is -1.49. The molecule has 1 aromatic carbocycles. The lowest BCUT2D eigenvalue weighted by molar-refractivity contribution is -0.117. The number of hydrogen-bond donors (Lipinski definition) is 2. The van der Waals surface area contributed by atoms with Crippen molar-refractivity contribution >= 4 is 23.7 Å². The summed E-state index contributed by atoms with van der Waals surface area (Å²) in [4.78, 5) is 24.4. The largest absolute Gasteiger partial charge is 0.332 e. The molecule has 25 heavy (non-hydrogen) atoms. The molecule has 0 saturated heterocycles. The van der Waals surface area contributed by atoms with E-state index in [0.717, 1.165) is 42.8 Å². The highest BCUT2D eigenvalue weighted by atomic mass is 32.2. The van der Waals surface area contributed by atoms with Gasteiger partial charge in [0, 0.05) is 11.3 Å². The smallest absolute Gasteiger partial charge is 0.321 e.